The highest BCUT2D eigenvalue weighted by molar-refractivity contribution is 6.45. The predicted molar refractivity (Wildman–Crippen MR) is 80.0 cm³/mol. The van der Waals surface area contributed by atoms with Crippen LogP contribution in [0.15, 0.2) is 0 Å². The summed E-state index contributed by atoms with van der Waals surface area (Å²) in [6.45, 7) is 5.29. The van der Waals surface area contributed by atoms with E-state index >= 15 is 0 Å². The van der Waals surface area contributed by atoms with Crippen molar-refractivity contribution in [3.05, 3.63) is 0 Å². The van der Waals surface area contributed by atoms with E-state index in [4.69, 9.17) is 18.3 Å². The van der Waals surface area contributed by atoms with Crippen molar-refractivity contribution >= 4 is 9.28 Å². The molecule has 0 heterocycles. The van der Waals surface area contributed by atoms with Gasteiger partial charge in [-0.05, 0) is 45.4 Å². The number of hydrogen-bond donors (Lipinski definition) is 1. The molecule has 1 fully saturated rings. The Kier molecular flexibility index (Phi) is 8.91. The van der Waals surface area contributed by atoms with Crippen LogP contribution < -0.4 is 0 Å². The van der Waals surface area contributed by atoms with Crippen LogP contribution in [-0.2, 0) is 18.3 Å². The molecule has 1 saturated carbocycles. The van der Waals surface area contributed by atoms with E-state index in [2.05, 4.69) is 0 Å². The lowest BCUT2D eigenvalue weighted by Gasteiger charge is -2.35. The van der Waals surface area contributed by atoms with Gasteiger partial charge in [0.25, 0.3) is 0 Å². The number of aliphatic hydroxyl groups is 1. The molecule has 0 bridgehead atoms. The van der Waals surface area contributed by atoms with E-state index in [-0.39, 0.29) is 17.9 Å². The summed E-state index contributed by atoms with van der Waals surface area (Å²) in [5.41, 5.74) is 0.0671. The summed E-state index contributed by atoms with van der Waals surface area (Å²) >= 11 is 0. The fourth-order valence-electron chi connectivity index (χ4n) is 3.00. The van der Waals surface area contributed by atoms with Crippen molar-refractivity contribution in [2.24, 2.45) is 5.92 Å². The normalized spacial score (nSPS) is 28.8. The first-order valence-electron chi connectivity index (χ1n) is 7.63. The standard InChI is InChI=1S/C14H30O5Si/c1-5-18-13-9-11(7-8-12(13)15)10-14(19-6-2)20(16-3)17-4/h11-15,20H,5-10H2,1-4H3. The van der Waals surface area contributed by atoms with Gasteiger partial charge in [0.05, 0.1) is 17.9 Å². The number of ether oxygens (including phenoxy) is 2. The number of rotatable bonds is 9. The Morgan fingerprint density at radius 1 is 1.15 bits per heavy atom. The molecule has 0 spiro atoms. The molecule has 0 amide bonds. The molecule has 5 nitrogen and oxygen atoms in total. The Hall–Kier alpha value is 0.0169. The summed E-state index contributed by atoms with van der Waals surface area (Å²) < 4.78 is 22.4. The minimum atomic E-state index is -1.77. The molecular formula is C14H30O5Si. The monoisotopic (exact) mass is 306 g/mol. The summed E-state index contributed by atoms with van der Waals surface area (Å²) in [6.07, 6.45) is 3.29. The van der Waals surface area contributed by atoms with E-state index in [9.17, 15) is 5.11 Å². The van der Waals surface area contributed by atoms with E-state index in [1.807, 2.05) is 13.8 Å². The summed E-state index contributed by atoms with van der Waals surface area (Å²) in [5.74, 6) is 0.506. The van der Waals surface area contributed by atoms with Crippen LogP contribution in [-0.4, -0.2) is 59.8 Å². The first-order valence-corrected chi connectivity index (χ1v) is 9.23. The number of aliphatic hydroxyl groups excluding tert-OH is 1. The molecule has 4 atom stereocenters. The summed E-state index contributed by atoms with van der Waals surface area (Å²) in [5, 5.41) is 9.96. The van der Waals surface area contributed by atoms with Crippen LogP contribution in [0.1, 0.15) is 39.5 Å². The minimum Gasteiger partial charge on any atom is -0.398 e. The van der Waals surface area contributed by atoms with Gasteiger partial charge in [0.15, 0.2) is 0 Å². The zero-order chi connectivity index (χ0) is 15.0. The molecule has 6 heteroatoms. The van der Waals surface area contributed by atoms with E-state index in [1.165, 1.54) is 0 Å². The topological polar surface area (TPSA) is 57.2 Å². The molecule has 1 rings (SSSR count). The minimum absolute atomic E-state index is 0.0359. The van der Waals surface area contributed by atoms with E-state index < -0.39 is 9.28 Å². The Labute approximate surface area is 124 Å². The molecule has 0 aromatic carbocycles. The Balaban J connectivity index is 2.54. The zero-order valence-corrected chi connectivity index (χ0v) is 14.4. The first kappa shape index (κ1) is 18.1. The second-order valence-corrected chi connectivity index (χ2v) is 7.73. The van der Waals surface area contributed by atoms with Crippen LogP contribution in [0.3, 0.4) is 0 Å². The molecule has 0 aliphatic heterocycles. The zero-order valence-electron chi connectivity index (χ0n) is 13.2. The Morgan fingerprint density at radius 3 is 2.40 bits per heavy atom. The summed E-state index contributed by atoms with van der Waals surface area (Å²) in [4.78, 5) is 0. The third kappa shape index (κ3) is 5.42. The quantitative estimate of drug-likeness (QED) is 0.653. The Morgan fingerprint density at radius 2 is 1.85 bits per heavy atom. The van der Waals surface area contributed by atoms with E-state index in [0.29, 0.717) is 19.1 Å². The van der Waals surface area contributed by atoms with Crippen LogP contribution in [0, 0.1) is 5.92 Å². The SMILES string of the molecule is CCOC1CC(CC(OCC)[SiH](OC)OC)CCC1O. The lowest BCUT2D eigenvalue weighted by Crippen LogP contribution is -2.42. The van der Waals surface area contributed by atoms with Crippen LogP contribution in [0.5, 0.6) is 0 Å². The molecule has 1 aliphatic rings. The molecule has 4 unspecified atom stereocenters. The van der Waals surface area contributed by atoms with Crippen molar-refractivity contribution < 1.29 is 23.4 Å². The largest absolute Gasteiger partial charge is 0.398 e. The van der Waals surface area contributed by atoms with Gasteiger partial charge < -0.3 is 23.4 Å². The van der Waals surface area contributed by atoms with Gasteiger partial charge in [-0.25, -0.2) is 0 Å². The molecule has 0 saturated heterocycles. The van der Waals surface area contributed by atoms with Crippen molar-refractivity contribution in [3.63, 3.8) is 0 Å². The molecule has 1 aliphatic carbocycles. The third-order valence-electron chi connectivity index (χ3n) is 3.96. The fraction of sp³-hybridized carbons (Fsp3) is 1.00. The maximum atomic E-state index is 9.96. The third-order valence-corrected chi connectivity index (χ3v) is 5.96. The summed E-state index contributed by atoms with van der Waals surface area (Å²) in [6, 6.07) is 0. The van der Waals surface area contributed by atoms with Crippen LogP contribution >= 0.6 is 0 Å². The lowest BCUT2D eigenvalue weighted by molar-refractivity contribution is -0.0724. The van der Waals surface area contributed by atoms with Crippen molar-refractivity contribution in [3.8, 4) is 0 Å². The average molecular weight is 306 g/mol. The van der Waals surface area contributed by atoms with Gasteiger partial charge in [0, 0.05) is 27.4 Å². The average Bonchev–Trinajstić information content (AvgIpc) is 2.44. The van der Waals surface area contributed by atoms with Gasteiger partial charge in [-0.1, -0.05) is 0 Å². The Bertz CT molecular complexity index is 250. The van der Waals surface area contributed by atoms with Gasteiger partial charge in [0.1, 0.15) is 0 Å². The molecule has 1 N–H and O–H groups in total. The highest BCUT2D eigenvalue weighted by atomic mass is 28.3. The highest BCUT2D eigenvalue weighted by Gasteiger charge is 2.34. The molecule has 0 aromatic rings. The van der Waals surface area contributed by atoms with Gasteiger partial charge >= 0.3 is 9.28 Å². The van der Waals surface area contributed by atoms with Crippen LogP contribution in [0.4, 0.5) is 0 Å². The molecular weight excluding hydrogens is 276 g/mol. The van der Waals surface area contributed by atoms with Gasteiger partial charge in [-0.15, -0.1) is 0 Å². The van der Waals surface area contributed by atoms with Gasteiger partial charge in [0.2, 0.25) is 0 Å². The molecule has 0 aromatic heterocycles. The van der Waals surface area contributed by atoms with Gasteiger partial charge in [-0.3, -0.25) is 0 Å². The van der Waals surface area contributed by atoms with Crippen molar-refractivity contribution in [2.75, 3.05) is 27.4 Å². The maximum Gasteiger partial charge on any atom is 0.350 e. The predicted octanol–water partition coefficient (Wildman–Crippen LogP) is 1.40. The van der Waals surface area contributed by atoms with Crippen LogP contribution in [0.25, 0.3) is 0 Å². The fourth-order valence-corrected chi connectivity index (χ4v) is 4.76. The highest BCUT2D eigenvalue weighted by Crippen LogP contribution is 2.31. The van der Waals surface area contributed by atoms with E-state index in [0.717, 1.165) is 25.7 Å². The van der Waals surface area contributed by atoms with Crippen molar-refractivity contribution in [2.45, 2.75) is 57.5 Å². The summed E-state index contributed by atoms with van der Waals surface area (Å²) in [7, 11) is 1.62. The molecule has 0 radical (unpaired) electrons. The maximum absolute atomic E-state index is 9.96. The number of hydrogen-bond acceptors (Lipinski definition) is 5. The second-order valence-electron chi connectivity index (χ2n) is 5.31. The smallest absolute Gasteiger partial charge is 0.350 e. The second kappa shape index (κ2) is 9.86. The first-order chi connectivity index (χ1) is 9.65. The molecule has 20 heavy (non-hydrogen) atoms. The lowest BCUT2D eigenvalue weighted by atomic mass is 9.83. The molecule has 120 valence electrons. The van der Waals surface area contributed by atoms with Crippen LogP contribution in [0.2, 0.25) is 0 Å². The van der Waals surface area contributed by atoms with E-state index in [1.54, 1.807) is 14.2 Å². The van der Waals surface area contributed by atoms with Crippen molar-refractivity contribution in [1.82, 2.24) is 0 Å². The van der Waals surface area contributed by atoms with Gasteiger partial charge in [-0.2, -0.15) is 0 Å². The van der Waals surface area contributed by atoms with Crippen molar-refractivity contribution in [1.29, 1.82) is 0 Å².